The van der Waals surface area contributed by atoms with Crippen LogP contribution in [-0.4, -0.2) is 36.9 Å². The van der Waals surface area contributed by atoms with E-state index >= 15 is 0 Å². The van der Waals surface area contributed by atoms with E-state index in [-0.39, 0.29) is 48.5 Å². The van der Waals surface area contributed by atoms with Gasteiger partial charge in [0.25, 0.3) is 0 Å². The van der Waals surface area contributed by atoms with Crippen molar-refractivity contribution in [2.24, 2.45) is 52.3 Å². The van der Waals surface area contributed by atoms with E-state index in [2.05, 4.69) is 27.7 Å². The normalized spacial score (nSPS) is 40.8. The van der Waals surface area contributed by atoms with Gasteiger partial charge in [-0.3, -0.25) is 9.59 Å². The lowest BCUT2D eigenvalue weighted by Crippen LogP contribution is -2.41. The second-order valence-corrected chi connectivity index (χ2v) is 14.2. The van der Waals surface area contributed by atoms with Gasteiger partial charge in [0.1, 0.15) is 0 Å². The highest BCUT2D eigenvalue weighted by molar-refractivity contribution is 5.71. The summed E-state index contributed by atoms with van der Waals surface area (Å²) in [7, 11) is 0. The molecule has 0 saturated heterocycles. The zero-order valence-electron chi connectivity index (χ0n) is 23.4. The Labute approximate surface area is 219 Å². The molecule has 4 bridgehead atoms. The van der Waals surface area contributed by atoms with Gasteiger partial charge in [0, 0.05) is 0 Å². The van der Waals surface area contributed by atoms with E-state index in [1.54, 1.807) is 0 Å². The molecule has 4 aliphatic rings. The molecule has 0 spiro atoms. The lowest BCUT2D eigenvalue weighted by molar-refractivity contribution is -0.154. The monoisotopic (exact) mass is 504 g/mol. The third kappa shape index (κ3) is 7.05. The summed E-state index contributed by atoms with van der Waals surface area (Å²) in [5.74, 6) is 3.72. The predicted molar refractivity (Wildman–Crippen MR) is 141 cm³/mol. The van der Waals surface area contributed by atoms with Gasteiger partial charge in [0.05, 0.1) is 38.6 Å². The standard InChI is InChI=1S/C31H52O5/c1-5-30(13-25-6-21(2)7-26(10-25)14-30)16-28(33)35-19-27(18-32)20-36-29(34)17-31-11-22(3)8-24(15-31)9-23(4)12-31/h21-27,32H,5-20H2,1-4H3. The maximum Gasteiger partial charge on any atom is 0.306 e. The van der Waals surface area contributed by atoms with Gasteiger partial charge in [-0.05, 0) is 117 Å². The zero-order valence-corrected chi connectivity index (χ0v) is 23.4. The molecule has 4 rings (SSSR count). The van der Waals surface area contributed by atoms with Crippen molar-refractivity contribution in [3.63, 3.8) is 0 Å². The van der Waals surface area contributed by atoms with E-state index in [1.165, 1.54) is 32.1 Å². The fourth-order valence-electron chi connectivity index (χ4n) is 9.51. The first-order valence-corrected chi connectivity index (χ1v) is 15.0. The number of aliphatic hydroxyl groups excluding tert-OH is 1. The molecule has 0 amide bonds. The Morgan fingerprint density at radius 3 is 1.78 bits per heavy atom. The topological polar surface area (TPSA) is 72.8 Å². The summed E-state index contributed by atoms with van der Waals surface area (Å²) in [4.78, 5) is 25.7. The minimum absolute atomic E-state index is 0.0669. The Bertz CT molecular complexity index is 725. The Hall–Kier alpha value is -1.10. The molecule has 36 heavy (non-hydrogen) atoms. The number of fused-ring (bicyclic) bond motifs is 4. The maximum atomic E-state index is 12.8. The van der Waals surface area contributed by atoms with Crippen molar-refractivity contribution < 1.29 is 24.2 Å². The van der Waals surface area contributed by atoms with Crippen LogP contribution in [0.5, 0.6) is 0 Å². The Morgan fingerprint density at radius 1 is 0.750 bits per heavy atom. The lowest BCUT2D eigenvalue weighted by atomic mass is 9.56. The molecule has 4 fully saturated rings. The van der Waals surface area contributed by atoms with E-state index in [9.17, 15) is 14.7 Å². The van der Waals surface area contributed by atoms with E-state index < -0.39 is 0 Å². The van der Waals surface area contributed by atoms with Crippen molar-refractivity contribution in [1.82, 2.24) is 0 Å². The maximum absolute atomic E-state index is 12.8. The number of carbonyl (C=O) groups is 2. The summed E-state index contributed by atoms with van der Waals surface area (Å²) in [6.07, 6.45) is 14.1. The van der Waals surface area contributed by atoms with Crippen LogP contribution in [0.15, 0.2) is 0 Å². The van der Waals surface area contributed by atoms with Gasteiger partial charge in [-0.2, -0.15) is 0 Å². The predicted octanol–water partition coefficient (Wildman–Crippen LogP) is 6.56. The molecule has 5 atom stereocenters. The summed E-state index contributed by atoms with van der Waals surface area (Å²) in [5.41, 5.74) is 0.153. The molecule has 5 nitrogen and oxygen atoms in total. The molecule has 0 heterocycles. The SMILES string of the molecule is CCC1(CC(=O)OCC(CO)COC(=O)CC23CC(C)CC(CC(C)C2)C3)CC2CC(C)CC(C2)C1. The molecule has 4 saturated carbocycles. The van der Waals surface area contributed by atoms with Crippen LogP contribution in [0.4, 0.5) is 0 Å². The molecule has 5 heteroatoms. The van der Waals surface area contributed by atoms with Crippen LogP contribution in [-0.2, 0) is 19.1 Å². The van der Waals surface area contributed by atoms with E-state index in [1.807, 2.05) is 0 Å². The van der Waals surface area contributed by atoms with E-state index in [0.717, 1.165) is 62.2 Å². The Morgan fingerprint density at radius 2 is 1.25 bits per heavy atom. The fraction of sp³-hybridized carbons (Fsp3) is 0.935. The summed E-state index contributed by atoms with van der Waals surface area (Å²) < 4.78 is 11.3. The van der Waals surface area contributed by atoms with Crippen molar-refractivity contribution >= 4 is 11.9 Å². The highest BCUT2D eigenvalue weighted by Gasteiger charge is 2.46. The molecule has 206 valence electrons. The molecule has 0 aromatic rings. The van der Waals surface area contributed by atoms with Crippen molar-refractivity contribution in [2.75, 3.05) is 19.8 Å². The summed E-state index contributed by atoms with van der Waals surface area (Å²) in [6.45, 7) is 9.32. The van der Waals surface area contributed by atoms with Crippen LogP contribution in [0.1, 0.15) is 111 Å². The van der Waals surface area contributed by atoms with Gasteiger partial charge >= 0.3 is 11.9 Å². The van der Waals surface area contributed by atoms with Crippen LogP contribution in [0, 0.1) is 52.3 Å². The zero-order chi connectivity index (χ0) is 25.9. The Balaban J connectivity index is 1.22. The third-order valence-electron chi connectivity index (χ3n) is 10.3. The number of hydrogen-bond acceptors (Lipinski definition) is 5. The largest absolute Gasteiger partial charge is 0.465 e. The number of ether oxygens (including phenoxy) is 2. The molecule has 0 aromatic heterocycles. The molecule has 4 aliphatic carbocycles. The molecule has 1 N–H and O–H groups in total. The molecule has 0 radical (unpaired) electrons. The van der Waals surface area contributed by atoms with Crippen molar-refractivity contribution in [3.05, 3.63) is 0 Å². The highest BCUT2D eigenvalue weighted by atomic mass is 16.5. The van der Waals surface area contributed by atoms with Crippen molar-refractivity contribution in [2.45, 2.75) is 111 Å². The molecular weight excluding hydrogens is 452 g/mol. The molecular formula is C31H52O5. The number of hydrogen-bond donors (Lipinski definition) is 1. The second kappa shape index (κ2) is 11.7. The van der Waals surface area contributed by atoms with Crippen LogP contribution in [0.2, 0.25) is 0 Å². The minimum atomic E-state index is -0.358. The molecule has 0 aliphatic heterocycles. The lowest BCUT2D eigenvalue weighted by Gasteiger charge is -2.49. The first kappa shape index (κ1) is 27.9. The van der Waals surface area contributed by atoms with E-state index in [0.29, 0.717) is 24.7 Å². The summed E-state index contributed by atoms with van der Waals surface area (Å²) in [5, 5.41) is 9.85. The molecule has 0 aromatic carbocycles. The van der Waals surface area contributed by atoms with Gasteiger partial charge in [-0.15, -0.1) is 0 Å². The summed E-state index contributed by atoms with van der Waals surface area (Å²) >= 11 is 0. The number of carbonyl (C=O) groups excluding carboxylic acids is 2. The Kier molecular flexibility index (Phi) is 9.11. The van der Waals surface area contributed by atoms with Gasteiger partial charge in [-0.25, -0.2) is 0 Å². The third-order valence-corrected chi connectivity index (χ3v) is 10.3. The number of aliphatic hydroxyl groups is 1. The van der Waals surface area contributed by atoms with Crippen LogP contribution < -0.4 is 0 Å². The second-order valence-electron chi connectivity index (χ2n) is 14.2. The van der Waals surface area contributed by atoms with Gasteiger partial charge in [0.15, 0.2) is 0 Å². The first-order valence-electron chi connectivity index (χ1n) is 15.0. The number of esters is 2. The quantitative estimate of drug-likeness (QED) is 0.341. The van der Waals surface area contributed by atoms with Crippen LogP contribution >= 0.6 is 0 Å². The number of rotatable bonds is 10. The molecule has 5 unspecified atom stereocenters. The van der Waals surface area contributed by atoms with Gasteiger partial charge in [0.2, 0.25) is 0 Å². The van der Waals surface area contributed by atoms with Crippen LogP contribution in [0.25, 0.3) is 0 Å². The van der Waals surface area contributed by atoms with Gasteiger partial charge < -0.3 is 14.6 Å². The smallest absolute Gasteiger partial charge is 0.306 e. The van der Waals surface area contributed by atoms with Gasteiger partial charge in [-0.1, -0.05) is 27.7 Å². The average Bonchev–Trinajstić information content (AvgIpc) is 2.77. The summed E-state index contributed by atoms with van der Waals surface area (Å²) in [6, 6.07) is 0. The van der Waals surface area contributed by atoms with E-state index in [4.69, 9.17) is 9.47 Å². The highest BCUT2D eigenvalue weighted by Crippen LogP contribution is 2.55. The van der Waals surface area contributed by atoms with Crippen molar-refractivity contribution in [1.29, 1.82) is 0 Å². The average molecular weight is 505 g/mol. The minimum Gasteiger partial charge on any atom is -0.465 e. The fourth-order valence-corrected chi connectivity index (χ4v) is 9.51. The van der Waals surface area contributed by atoms with Crippen LogP contribution in [0.3, 0.4) is 0 Å². The first-order chi connectivity index (χ1) is 17.1. The van der Waals surface area contributed by atoms with Crippen molar-refractivity contribution in [3.8, 4) is 0 Å².